The molecule has 8 nitrogen and oxygen atoms in total. The van der Waals surface area contributed by atoms with Gasteiger partial charge in [-0.3, -0.25) is 9.69 Å². The molecule has 1 aliphatic heterocycles. The van der Waals surface area contributed by atoms with Gasteiger partial charge in [0.05, 0.1) is 20.8 Å². The zero-order valence-electron chi connectivity index (χ0n) is 20.7. The number of piperazine rings is 1. The van der Waals surface area contributed by atoms with E-state index >= 15 is 0 Å². The van der Waals surface area contributed by atoms with E-state index in [1.165, 1.54) is 0 Å². The SMILES string of the molecule is COc1ccc(CCn2c(C)cc(C(=O)CN3CCN(C(=O)N(C)C)CC3)c2C)cc1OC. The quantitative estimate of drug-likeness (QED) is 0.572. The van der Waals surface area contributed by atoms with Gasteiger partial charge in [0.15, 0.2) is 17.3 Å². The molecule has 0 aliphatic carbocycles. The van der Waals surface area contributed by atoms with Crippen LogP contribution < -0.4 is 9.47 Å². The highest BCUT2D eigenvalue weighted by atomic mass is 16.5. The summed E-state index contributed by atoms with van der Waals surface area (Å²) in [5.41, 5.74) is 4.02. The highest BCUT2D eigenvalue weighted by molar-refractivity contribution is 5.99. The summed E-state index contributed by atoms with van der Waals surface area (Å²) < 4.78 is 12.9. The molecule has 8 heteroatoms. The molecule has 0 N–H and O–H groups in total. The number of rotatable bonds is 8. The van der Waals surface area contributed by atoms with Crippen LogP contribution in [0.25, 0.3) is 0 Å². The summed E-state index contributed by atoms with van der Waals surface area (Å²) in [7, 11) is 6.80. The molecule has 0 bridgehead atoms. The van der Waals surface area contributed by atoms with Crippen LogP contribution in [0.1, 0.15) is 27.3 Å². The highest BCUT2D eigenvalue weighted by Crippen LogP contribution is 2.28. The van der Waals surface area contributed by atoms with Crippen LogP contribution >= 0.6 is 0 Å². The number of benzene rings is 1. The largest absolute Gasteiger partial charge is 0.493 e. The maximum Gasteiger partial charge on any atom is 0.319 e. The van der Waals surface area contributed by atoms with E-state index in [1.54, 1.807) is 33.2 Å². The second kappa shape index (κ2) is 10.7. The predicted octanol–water partition coefficient (Wildman–Crippen LogP) is 2.85. The van der Waals surface area contributed by atoms with E-state index in [9.17, 15) is 9.59 Å². The monoisotopic (exact) mass is 456 g/mol. The van der Waals surface area contributed by atoms with Crippen molar-refractivity contribution in [1.82, 2.24) is 19.3 Å². The van der Waals surface area contributed by atoms with Gasteiger partial charge in [-0.05, 0) is 44.0 Å². The molecule has 0 spiro atoms. The number of aryl methyl sites for hydroxylation is 2. The van der Waals surface area contributed by atoms with E-state index in [1.807, 2.05) is 43.0 Å². The van der Waals surface area contributed by atoms with Gasteiger partial charge in [-0.25, -0.2) is 4.79 Å². The van der Waals surface area contributed by atoms with Crippen LogP contribution in [-0.4, -0.2) is 92.1 Å². The standard InChI is InChI=1S/C25H36N4O4/c1-18-15-21(22(30)17-27-11-13-28(14-12-27)25(31)26(3)4)19(2)29(18)10-9-20-7-8-23(32-5)24(16-20)33-6/h7-8,15-16H,9-14,17H2,1-6H3. The number of ether oxygens (including phenoxy) is 2. The van der Waals surface area contributed by atoms with Gasteiger partial charge in [-0.15, -0.1) is 0 Å². The van der Waals surface area contributed by atoms with Crippen molar-refractivity contribution in [2.45, 2.75) is 26.8 Å². The third kappa shape index (κ3) is 5.68. The first-order valence-electron chi connectivity index (χ1n) is 11.3. The van der Waals surface area contributed by atoms with E-state index in [-0.39, 0.29) is 11.8 Å². The molecule has 33 heavy (non-hydrogen) atoms. The second-order valence-corrected chi connectivity index (χ2v) is 8.74. The molecule has 0 radical (unpaired) electrons. The fourth-order valence-corrected chi connectivity index (χ4v) is 4.37. The number of Topliss-reactive ketones (excluding diaryl/α,β-unsaturated/α-hetero) is 1. The minimum absolute atomic E-state index is 0.0269. The molecular formula is C25H36N4O4. The van der Waals surface area contributed by atoms with Crippen LogP contribution in [0.4, 0.5) is 4.79 Å². The Morgan fingerprint density at radius 3 is 2.24 bits per heavy atom. The minimum Gasteiger partial charge on any atom is -0.493 e. The van der Waals surface area contributed by atoms with Crippen LogP contribution in [0.15, 0.2) is 24.3 Å². The zero-order valence-corrected chi connectivity index (χ0v) is 20.7. The van der Waals surface area contributed by atoms with E-state index in [4.69, 9.17) is 9.47 Å². The van der Waals surface area contributed by atoms with E-state index in [0.29, 0.717) is 32.7 Å². The zero-order chi connectivity index (χ0) is 24.1. The number of methoxy groups -OCH3 is 2. The summed E-state index contributed by atoms with van der Waals surface area (Å²) >= 11 is 0. The average molecular weight is 457 g/mol. The number of aromatic nitrogens is 1. The van der Waals surface area contributed by atoms with Gasteiger partial charge < -0.3 is 23.8 Å². The number of hydrogen-bond acceptors (Lipinski definition) is 5. The molecule has 0 unspecified atom stereocenters. The lowest BCUT2D eigenvalue weighted by Gasteiger charge is -2.35. The third-order valence-electron chi connectivity index (χ3n) is 6.34. The molecule has 180 valence electrons. The van der Waals surface area contributed by atoms with Crippen LogP contribution in [0.2, 0.25) is 0 Å². The molecule has 1 aromatic carbocycles. The summed E-state index contributed by atoms with van der Waals surface area (Å²) in [5.74, 6) is 1.57. The molecule has 2 amide bonds. The van der Waals surface area contributed by atoms with E-state index in [0.717, 1.165) is 47.0 Å². The Morgan fingerprint density at radius 2 is 1.64 bits per heavy atom. The fraction of sp³-hybridized carbons (Fsp3) is 0.520. The normalized spacial score (nSPS) is 14.3. The Balaban J connectivity index is 1.61. The molecule has 1 saturated heterocycles. The maximum atomic E-state index is 13.1. The predicted molar refractivity (Wildman–Crippen MR) is 129 cm³/mol. The number of carbonyl (C=O) groups is 2. The van der Waals surface area contributed by atoms with Gasteiger partial charge in [-0.2, -0.15) is 0 Å². The molecule has 0 saturated carbocycles. The van der Waals surface area contributed by atoms with Gasteiger partial charge in [0.25, 0.3) is 0 Å². The fourth-order valence-electron chi connectivity index (χ4n) is 4.37. The lowest BCUT2D eigenvalue weighted by Crippen LogP contribution is -2.52. The Morgan fingerprint density at radius 1 is 0.970 bits per heavy atom. The number of carbonyl (C=O) groups excluding carboxylic acids is 2. The molecule has 0 atom stereocenters. The van der Waals surface area contributed by atoms with E-state index < -0.39 is 0 Å². The summed E-state index contributed by atoms with van der Waals surface area (Å²) in [6.45, 7) is 7.94. The average Bonchev–Trinajstić information content (AvgIpc) is 3.10. The van der Waals surface area contributed by atoms with Crippen molar-refractivity contribution in [1.29, 1.82) is 0 Å². The second-order valence-electron chi connectivity index (χ2n) is 8.74. The molecule has 2 aromatic rings. The Bertz CT molecular complexity index is 991. The van der Waals surface area contributed by atoms with Crippen molar-refractivity contribution >= 4 is 11.8 Å². The van der Waals surface area contributed by atoms with Crippen molar-refractivity contribution < 1.29 is 19.1 Å². The molecule has 2 heterocycles. The minimum atomic E-state index is 0.0269. The van der Waals surface area contributed by atoms with Crippen molar-refractivity contribution in [3.8, 4) is 11.5 Å². The van der Waals surface area contributed by atoms with Gasteiger partial charge in [0.2, 0.25) is 0 Å². The first-order chi connectivity index (χ1) is 15.7. The van der Waals surface area contributed by atoms with Gasteiger partial charge in [-0.1, -0.05) is 6.07 Å². The van der Waals surface area contributed by atoms with Crippen LogP contribution in [0.3, 0.4) is 0 Å². The molecular weight excluding hydrogens is 420 g/mol. The summed E-state index contributed by atoms with van der Waals surface area (Å²) in [5, 5.41) is 0. The summed E-state index contributed by atoms with van der Waals surface area (Å²) in [4.78, 5) is 30.8. The lowest BCUT2D eigenvalue weighted by molar-refractivity contribution is 0.0862. The number of ketones is 1. The van der Waals surface area contributed by atoms with Crippen molar-refractivity contribution in [2.24, 2.45) is 0 Å². The Kier molecular flexibility index (Phi) is 8.02. The van der Waals surface area contributed by atoms with Crippen LogP contribution in [0, 0.1) is 13.8 Å². The van der Waals surface area contributed by atoms with Crippen LogP contribution in [0.5, 0.6) is 11.5 Å². The van der Waals surface area contributed by atoms with Crippen LogP contribution in [-0.2, 0) is 13.0 Å². The van der Waals surface area contributed by atoms with Crippen molar-refractivity contribution in [3.63, 3.8) is 0 Å². The molecule has 1 fully saturated rings. The molecule has 1 aliphatic rings. The first-order valence-corrected chi connectivity index (χ1v) is 11.3. The van der Waals surface area contributed by atoms with Crippen molar-refractivity contribution in [3.05, 3.63) is 46.8 Å². The lowest BCUT2D eigenvalue weighted by atomic mass is 10.1. The number of nitrogens with zero attached hydrogens (tertiary/aromatic N) is 4. The Hall–Kier alpha value is -3.00. The topological polar surface area (TPSA) is 67.2 Å². The number of hydrogen-bond donors (Lipinski definition) is 0. The third-order valence-corrected chi connectivity index (χ3v) is 6.34. The smallest absolute Gasteiger partial charge is 0.319 e. The Labute approximate surface area is 196 Å². The van der Waals surface area contributed by atoms with E-state index in [2.05, 4.69) is 9.47 Å². The number of urea groups is 1. The van der Waals surface area contributed by atoms with Gasteiger partial charge in [0, 0.05) is 63.8 Å². The maximum absolute atomic E-state index is 13.1. The first kappa shape index (κ1) is 24.6. The number of amides is 2. The molecule has 1 aromatic heterocycles. The molecule has 3 rings (SSSR count). The van der Waals surface area contributed by atoms with Crippen molar-refractivity contribution in [2.75, 3.05) is 61.0 Å². The van der Waals surface area contributed by atoms with Gasteiger partial charge in [0.1, 0.15) is 0 Å². The summed E-state index contributed by atoms with van der Waals surface area (Å²) in [6, 6.07) is 7.99. The highest BCUT2D eigenvalue weighted by Gasteiger charge is 2.25. The van der Waals surface area contributed by atoms with Gasteiger partial charge >= 0.3 is 6.03 Å². The summed E-state index contributed by atoms with van der Waals surface area (Å²) in [6.07, 6.45) is 0.826.